The highest BCUT2D eigenvalue weighted by Gasteiger charge is 2.11. The molecule has 0 aliphatic carbocycles. The molecule has 3 aromatic rings. The molecular formula is C26H29B. The molecule has 0 aromatic heterocycles. The van der Waals surface area contributed by atoms with Gasteiger partial charge in [0.15, 0.2) is 0 Å². The lowest BCUT2D eigenvalue weighted by molar-refractivity contribution is 1.02. The summed E-state index contributed by atoms with van der Waals surface area (Å²) in [7, 11) is 6.03. The van der Waals surface area contributed by atoms with Crippen LogP contribution in [-0.4, -0.2) is 7.85 Å². The van der Waals surface area contributed by atoms with Crippen LogP contribution in [0.25, 0.3) is 0 Å². The first-order valence-corrected chi connectivity index (χ1v) is 9.89. The molecule has 2 radical (unpaired) electrons. The summed E-state index contributed by atoms with van der Waals surface area (Å²) in [5.74, 6) is 0. The largest absolute Gasteiger partial charge is 0.113 e. The fourth-order valence-corrected chi connectivity index (χ4v) is 3.88. The van der Waals surface area contributed by atoms with E-state index in [1.54, 1.807) is 0 Å². The summed E-state index contributed by atoms with van der Waals surface area (Å²) in [5.41, 5.74) is 13.3. The highest BCUT2D eigenvalue weighted by molar-refractivity contribution is 6.32. The minimum atomic E-state index is 0.842. The molecule has 1 heteroatoms. The maximum absolute atomic E-state index is 6.03. The van der Waals surface area contributed by atoms with Crippen LogP contribution in [0, 0.1) is 27.7 Å². The van der Waals surface area contributed by atoms with Crippen molar-refractivity contribution in [3.8, 4) is 0 Å². The van der Waals surface area contributed by atoms with Gasteiger partial charge in [0.25, 0.3) is 0 Å². The molecule has 136 valence electrons. The smallest absolute Gasteiger partial charge is 0.0964 e. The van der Waals surface area contributed by atoms with Crippen molar-refractivity contribution in [3.05, 3.63) is 98.6 Å². The number of benzene rings is 3. The van der Waals surface area contributed by atoms with E-state index in [4.69, 9.17) is 7.85 Å². The Morgan fingerprint density at radius 3 is 1.96 bits per heavy atom. The zero-order chi connectivity index (χ0) is 19.6. The van der Waals surface area contributed by atoms with Gasteiger partial charge in [0.2, 0.25) is 0 Å². The second-order valence-electron chi connectivity index (χ2n) is 7.87. The van der Waals surface area contributed by atoms with Gasteiger partial charge >= 0.3 is 0 Å². The van der Waals surface area contributed by atoms with Gasteiger partial charge in [0.1, 0.15) is 7.85 Å². The lowest BCUT2D eigenvalue weighted by atomic mass is 9.87. The van der Waals surface area contributed by atoms with Crippen molar-refractivity contribution >= 4 is 13.3 Å². The molecule has 0 fully saturated rings. The summed E-state index contributed by atoms with van der Waals surface area (Å²) in [6, 6.07) is 17.8. The summed E-state index contributed by atoms with van der Waals surface area (Å²) in [5, 5.41) is 0. The van der Waals surface area contributed by atoms with Crippen LogP contribution < -0.4 is 5.46 Å². The monoisotopic (exact) mass is 352 g/mol. The molecule has 0 bridgehead atoms. The van der Waals surface area contributed by atoms with Crippen molar-refractivity contribution in [2.45, 2.75) is 53.9 Å². The highest BCUT2D eigenvalue weighted by atomic mass is 14.2. The maximum Gasteiger partial charge on any atom is 0.113 e. The molecule has 0 amide bonds. The number of hydrogen-bond donors (Lipinski definition) is 0. The van der Waals surface area contributed by atoms with Gasteiger partial charge < -0.3 is 0 Å². The first kappa shape index (κ1) is 19.5. The average molecular weight is 352 g/mol. The molecule has 0 aliphatic rings. The van der Waals surface area contributed by atoms with E-state index in [0.29, 0.717) is 0 Å². The van der Waals surface area contributed by atoms with Crippen LogP contribution in [0.3, 0.4) is 0 Å². The summed E-state index contributed by atoms with van der Waals surface area (Å²) in [6.07, 6.45) is 3.00. The third-order valence-corrected chi connectivity index (χ3v) is 5.67. The van der Waals surface area contributed by atoms with Gasteiger partial charge in [-0.1, -0.05) is 66.5 Å². The highest BCUT2D eigenvalue weighted by Crippen LogP contribution is 2.25. The Bertz CT molecular complexity index is 966. The van der Waals surface area contributed by atoms with Gasteiger partial charge in [-0.25, -0.2) is 0 Å². The third-order valence-electron chi connectivity index (χ3n) is 5.67. The standard InChI is InChI=1S/C26H29B/c1-6-21-12-20(5)23(14-24-16-26(27)10-8-18(24)3)15-25(21)13-22-9-7-17(2)11-19(22)4/h7-12,15-16H,6,13-14H2,1-5H3. The summed E-state index contributed by atoms with van der Waals surface area (Å²) < 4.78 is 0. The van der Waals surface area contributed by atoms with Crippen molar-refractivity contribution < 1.29 is 0 Å². The lowest BCUT2D eigenvalue weighted by Gasteiger charge is -2.16. The summed E-state index contributed by atoms with van der Waals surface area (Å²) in [6.45, 7) is 11.0. The van der Waals surface area contributed by atoms with Crippen molar-refractivity contribution in [1.29, 1.82) is 0 Å². The zero-order valence-electron chi connectivity index (χ0n) is 17.3. The molecule has 0 saturated carbocycles. The van der Waals surface area contributed by atoms with Crippen LogP contribution in [0.15, 0.2) is 48.5 Å². The van der Waals surface area contributed by atoms with E-state index in [-0.39, 0.29) is 0 Å². The molecule has 0 nitrogen and oxygen atoms in total. The molecule has 3 rings (SSSR count). The van der Waals surface area contributed by atoms with Crippen molar-refractivity contribution in [3.63, 3.8) is 0 Å². The predicted molar refractivity (Wildman–Crippen MR) is 119 cm³/mol. The van der Waals surface area contributed by atoms with Gasteiger partial charge in [0.05, 0.1) is 0 Å². The van der Waals surface area contributed by atoms with Gasteiger partial charge in [-0.2, -0.15) is 0 Å². The van der Waals surface area contributed by atoms with Crippen LogP contribution >= 0.6 is 0 Å². The van der Waals surface area contributed by atoms with Crippen LogP contribution in [0.5, 0.6) is 0 Å². The van der Waals surface area contributed by atoms with Crippen LogP contribution in [-0.2, 0) is 19.3 Å². The maximum atomic E-state index is 6.03. The van der Waals surface area contributed by atoms with E-state index in [2.05, 4.69) is 77.1 Å². The second kappa shape index (κ2) is 8.17. The van der Waals surface area contributed by atoms with E-state index < -0.39 is 0 Å². The molecule has 0 unspecified atom stereocenters. The van der Waals surface area contributed by atoms with E-state index in [9.17, 15) is 0 Å². The first-order valence-electron chi connectivity index (χ1n) is 9.89. The molecule has 0 heterocycles. The van der Waals surface area contributed by atoms with Gasteiger partial charge in [0, 0.05) is 0 Å². The SMILES string of the molecule is [B]c1ccc(C)c(Cc2cc(Cc3ccc(C)cc3C)c(CC)cc2C)c1. The zero-order valence-corrected chi connectivity index (χ0v) is 17.3. The average Bonchev–Trinajstić information content (AvgIpc) is 2.62. The molecule has 0 N–H and O–H groups in total. The Hall–Kier alpha value is -2.28. The molecule has 27 heavy (non-hydrogen) atoms. The first-order chi connectivity index (χ1) is 12.9. The normalized spacial score (nSPS) is 11.0. The van der Waals surface area contributed by atoms with E-state index in [1.165, 1.54) is 50.1 Å². The summed E-state index contributed by atoms with van der Waals surface area (Å²) >= 11 is 0. The topological polar surface area (TPSA) is 0 Å². The van der Waals surface area contributed by atoms with Crippen molar-refractivity contribution in [2.24, 2.45) is 0 Å². The number of aryl methyl sites for hydroxylation is 5. The molecule has 0 atom stereocenters. The molecule has 0 spiro atoms. The van der Waals surface area contributed by atoms with Gasteiger partial charge in [-0.15, -0.1) is 0 Å². The van der Waals surface area contributed by atoms with Crippen LogP contribution in [0.1, 0.15) is 57.0 Å². The lowest BCUT2D eigenvalue weighted by Crippen LogP contribution is -2.06. The van der Waals surface area contributed by atoms with E-state index >= 15 is 0 Å². The Morgan fingerprint density at radius 2 is 1.26 bits per heavy atom. The Balaban J connectivity index is 1.99. The quantitative estimate of drug-likeness (QED) is 0.535. The minimum absolute atomic E-state index is 0.842. The Kier molecular flexibility index (Phi) is 5.90. The fourth-order valence-electron chi connectivity index (χ4n) is 3.88. The van der Waals surface area contributed by atoms with E-state index in [1.807, 2.05) is 6.07 Å². The molecule has 0 saturated heterocycles. The van der Waals surface area contributed by atoms with Gasteiger partial charge in [-0.3, -0.25) is 0 Å². The molecular weight excluding hydrogens is 323 g/mol. The van der Waals surface area contributed by atoms with Crippen molar-refractivity contribution in [2.75, 3.05) is 0 Å². The number of hydrogen-bond acceptors (Lipinski definition) is 0. The predicted octanol–water partition coefficient (Wildman–Crippen LogP) is 5.46. The van der Waals surface area contributed by atoms with E-state index in [0.717, 1.165) is 24.7 Å². The van der Waals surface area contributed by atoms with Gasteiger partial charge in [-0.05, 0) is 91.5 Å². The molecule has 3 aromatic carbocycles. The third kappa shape index (κ3) is 4.53. The van der Waals surface area contributed by atoms with Crippen LogP contribution in [0.4, 0.5) is 0 Å². The molecule has 0 aliphatic heterocycles. The Morgan fingerprint density at radius 1 is 0.593 bits per heavy atom. The second-order valence-corrected chi connectivity index (χ2v) is 7.87. The number of rotatable bonds is 5. The Labute approximate surface area is 166 Å². The van der Waals surface area contributed by atoms with Crippen LogP contribution in [0.2, 0.25) is 0 Å². The summed E-state index contributed by atoms with van der Waals surface area (Å²) in [4.78, 5) is 0. The minimum Gasteiger partial charge on any atom is -0.0964 e. The fraction of sp³-hybridized carbons (Fsp3) is 0.308. The van der Waals surface area contributed by atoms with Crippen molar-refractivity contribution in [1.82, 2.24) is 0 Å².